The van der Waals surface area contributed by atoms with Gasteiger partial charge in [0.2, 0.25) is 0 Å². The number of aromatic hydroxyl groups is 4. The van der Waals surface area contributed by atoms with E-state index in [0.29, 0.717) is 83.8 Å². The van der Waals surface area contributed by atoms with Crippen LogP contribution in [0, 0.1) is 17.5 Å². The van der Waals surface area contributed by atoms with Crippen LogP contribution in [0.2, 0.25) is 0 Å². The van der Waals surface area contributed by atoms with Gasteiger partial charge in [-0.2, -0.15) is 0 Å². The van der Waals surface area contributed by atoms with E-state index < -0.39 is 117 Å². The van der Waals surface area contributed by atoms with Crippen LogP contribution < -0.4 is 25.1 Å². The number of nitrogens with zero attached hydrogens (tertiary/aromatic N) is 3. The van der Waals surface area contributed by atoms with Crippen LogP contribution in [0.3, 0.4) is 0 Å². The van der Waals surface area contributed by atoms with Crippen molar-refractivity contribution < 1.29 is 117 Å². The molecule has 622 valence electrons. The Morgan fingerprint density at radius 2 is 0.719 bits per heavy atom. The van der Waals surface area contributed by atoms with Crippen molar-refractivity contribution in [1.29, 1.82) is 0 Å². The van der Waals surface area contributed by atoms with Crippen LogP contribution in [-0.4, -0.2) is 148 Å². The quantitative estimate of drug-likeness (QED) is 0.0197. The maximum absolute atomic E-state index is 13.3. The molecule has 0 aliphatic carbocycles. The number of hydrogen-bond acceptors (Lipinski definition) is 19. The number of carbonyl (C=O) groups is 3. The van der Waals surface area contributed by atoms with Gasteiger partial charge in [0, 0.05) is 33.8 Å². The first kappa shape index (κ1) is 85.2. The number of aliphatic hydroxyl groups excluding tert-OH is 6. The Labute approximate surface area is 691 Å². The standard InChI is InChI=1S/C35H33FNO9.C29H25FNO7P.C29H24FNO5/c36-23-13-10-20(11-14-23)27(40)18-45-34-29(37(35(34)44)24-4-2-1-3-5-24)25-15-12-22(16-26(25)39)19-6-8-21(9-7-19)33-32(43)31(42)30(41)28(17-38)46-33;30-21-11-6-19(7-12-21)26(33)17-38-28-27(31(29(28)34)22-4-2-1-3-5-22)24-15-10-20(16-25(24)32)18-8-13-23(14-9-18)39(35,36)37;30-21-12-9-18(10-13-21)26(34)17-36-28-27(31(29(28)35)22-6-2-1-3-7-22)24-14-11-20(16-25(24)33)19-5-4-8-23(32)15-19/h1-16,27-34,38-42H,17-18H2;1-16,26-28,32-33H,17H2,(H2,35,36,37);1-16,26-28,32-34H,17H2/q-1;;/t27-,28+,29+,30+,31-,32+,33?,34+;2*26-,27+,28+/m000/s1. The van der Waals surface area contributed by atoms with Gasteiger partial charge >= 0.3 is 7.60 Å². The number of ether oxygens (including phenoxy) is 4. The van der Waals surface area contributed by atoms with Crippen LogP contribution in [0.1, 0.15) is 81.5 Å². The monoisotopic (exact) mass is 1660 g/mol. The molecule has 12 aromatic rings. The van der Waals surface area contributed by atoms with Crippen LogP contribution in [0.5, 0.6) is 23.0 Å². The number of aliphatic hydroxyl groups is 6. The van der Waals surface area contributed by atoms with Crippen LogP contribution in [-0.2, 0) is 37.9 Å². The molecule has 24 nitrogen and oxygen atoms in total. The molecule has 4 saturated heterocycles. The van der Waals surface area contributed by atoms with Gasteiger partial charge in [0.05, 0.1) is 43.9 Å². The molecule has 4 heterocycles. The lowest BCUT2D eigenvalue weighted by Crippen LogP contribution is -2.60. The molecule has 16 rings (SSSR count). The molecule has 4 aliphatic heterocycles. The minimum Gasteiger partial charge on any atom is -0.848 e. The SMILES string of the molecule is O=C1[C@H](OC[C@H](O)c2ccc(F)cc2)[C@@H](c2ccc(-c3ccc(C4O[C@H](CO)[C@@H](O)[C@H](O)[C@H]4[O-])cc3)cc2O)N1c1ccccc1.O=C1[C@H](OC[C@H](O)c2ccc(F)cc2)[C@@H](c2ccc(-c3ccc(P(=O)(O)O)cc3)cc2O)N1c1ccccc1.O=C1[C@H](OC[C@H](O)c2ccc(F)cc2)[C@@H](c2ccc(-c3cccc(O)c3)cc2O)N1c1ccccc1. The third-order valence-electron chi connectivity index (χ3n) is 21.5. The van der Waals surface area contributed by atoms with Crippen molar-refractivity contribution in [3.05, 3.63) is 348 Å². The van der Waals surface area contributed by atoms with Crippen LogP contribution in [0.4, 0.5) is 30.2 Å². The Morgan fingerprint density at radius 3 is 1.04 bits per heavy atom. The number of phenols is 4. The zero-order valence-electron chi connectivity index (χ0n) is 64.1. The smallest absolute Gasteiger partial charge is 0.356 e. The highest BCUT2D eigenvalue weighted by molar-refractivity contribution is 7.60. The molecule has 0 saturated carbocycles. The van der Waals surface area contributed by atoms with Gasteiger partial charge < -0.3 is 84.9 Å². The lowest BCUT2D eigenvalue weighted by molar-refractivity contribution is -0.479. The number of hydrogen-bond donors (Lipinski definition) is 12. The average Bonchev–Trinajstić information content (AvgIpc) is 0.799. The largest absolute Gasteiger partial charge is 0.848 e. The number of carbonyl (C=O) groups excluding carboxylic acids is 3. The second-order valence-electron chi connectivity index (χ2n) is 29.2. The van der Waals surface area contributed by atoms with E-state index in [2.05, 4.69) is 0 Å². The molecule has 3 amide bonds. The predicted octanol–water partition coefficient (Wildman–Crippen LogP) is 11.6. The lowest BCUT2D eigenvalue weighted by atomic mass is 9.87. The van der Waals surface area contributed by atoms with Gasteiger partial charge in [-0.3, -0.25) is 33.6 Å². The molecular weight excluding hydrogens is 1580 g/mol. The zero-order chi connectivity index (χ0) is 85.5. The summed E-state index contributed by atoms with van der Waals surface area (Å²) in [6, 6.07) is 75.3. The number of β-lactam (4-membered cyclic amide) rings is 3. The van der Waals surface area contributed by atoms with Gasteiger partial charge in [-0.25, -0.2) is 13.2 Å². The van der Waals surface area contributed by atoms with Crippen LogP contribution in [0.25, 0.3) is 33.4 Å². The van der Waals surface area contributed by atoms with Crippen LogP contribution in [0.15, 0.2) is 291 Å². The van der Waals surface area contributed by atoms with Gasteiger partial charge in [-0.05, 0) is 171 Å². The second-order valence-corrected chi connectivity index (χ2v) is 30.8. The van der Waals surface area contributed by atoms with E-state index in [0.717, 1.165) is 5.56 Å². The molecule has 4 aliphatic rings. The summed E-state index contributed by atoms with van der Waals surface area (Å²) in [5.74, 6) is -2.37. The molecule has 0 spiro atoms. The van der Waals surface area contributed by atoms with Gasteiger partial charge in [-0.1, -0.05) is 182 Å². The van der Waals surface area contributed by atoms with Gasteiger partial charge in [0.25, 0.3) is 17.7 Å². The summed E-state index contributed by atoms with van der Waals surface area (Å²) in [6.45, 7) is -1.17. The molecule has 0 aromatic heterocycles. The number of rotatable bonds is 24. The Balaban J connectivity index is 0.000000150. The Hall–Kier alpha value is -12.3. The molecule has 12 N–H and O–H groups in total. The summed E-state index contributed by atoms with van der Waals surface area (Å²) in [7, 11) is -4.38. The maximum Gasteiger partial charge on any atom is 0.356 e. The fraction of sp³-hybridized carbons (Fsp3) is 0.194. The van der Waals surface area contributed by atoms with Crippen LogP contribution >= 0.6 is 7.60 Å². The van der Waals surface area contributed by atoms with E-state index in [1.807, 2.05) is 36.4 Å². The summed E-state index contributed by atoms with van der Waals surface area (Å²) in [4.78, 5) is 62.9. The molecule has 14 atom stereocenters. The van der Waals surface area contributed by atoms with E-state index in [4.69, 9.17) is 18.9 Å². The molecule has 28 heteroatoms. The number of phenolic OH excluding ortho intramolecular Hbond substituents is 4. The normalized spacial score (nSPS) is 21.4. The molecule has 4 fully saturated rings. The Bertz CT molecular complexity index is 5660. The number of para-hydroxylation sites is 3. The average molecular weight is 1670 g/mol. The third kappa shape index (κ3) is 18.7. The van der Waals surface area contributed by atoms with E-state index in [-0.39, 0.29) is 65.8 Å². The van der Waals surface area contributed by atoms with Crippen molar-refractivity contribution in [2.45, 2.75) is 85.3 Å². The minimum absolute atomic E-state index is 0.0260. The van der Waals surface area contributed by atoms with Crippen molar-refractivity contribution >= 4 is 47.7 Å². The highest BCUT2D eigenvalue weighted by Gasteiger charge is 2.54. The van der Waals surface area contributed by atoms with Gasteiger partial charge in [0.1, 0.15) is 89.1 Å². The van der Waals surface area contributed by atoms with Gasteiger partial charge in [-0.15, -0.1) is 0 Å². The highest BCUT2D eigenvalue weighted by Crippen LogP contribution is 2.49. The number of anilines is 3. The molecule has 0 bridgehead atoms. The predicted molar refractivity (Wildman–Crippen MR) is 438 cm³/mol. The van der Waals surface area contributed by atoms with Crippen molar-refractivity contribution in [3.63, 3.8) is 0 Å². The van der Waals surface area contributed by atoms with Gasteiger partial charge in [0.15, 0.2) is 18.3 Å². The third-order valence-corrected chi connectivity index (χ3v) is 22.5. The van der Waals surface area contributed by atoms with E-state index in [1.165, 1.54) is 101 Å². The molecular formula is C93H82F3N3O21P-. The van der Waals surface area contributed by atoms with E-state index in [9.17, 15) is 98.1 Å². The highest BCUT2D eigenvalue weighted by atomic mass is 31.2. The Morgan fingerprint density at radius 1 is 0.397 bits per heavy atom. The topological polar surface area (TPSA) is 381 Å². The van der Waals surface area contributed by atoms with Crippen molar-refractivity contribution in [3.8, 4) is 56.4 Å². The number of amides is 3. The summed E-state index contributed by atoms with van der Waals surface area (Å²) < 4.78 is 74.5. The van der Waals surface area contributed by atoms with Crippen molar-refractivity contribution in [2.75, 3.05) is 41.1 Å². The second kappa shape index (κ2) is 37.2. The first-order chi connectivity index (χ1) is 58.2. The molecule has 0 radical (unpaired) electrons. The summed E-state index contributed by atoms with van der Waals surface area (Å²) in [6.07, 6.45) is -13.1. The fourth-order valence-corrected chi connectivity index (χ4v) is 15.6. The molecule has 121 heavy (non-hydrogen) atoms. The Kier molecular flexibility index (Phi) is 26.2. The number of halogens is 3. The van der Waals surface area contributed by atoms with Crippen molar-refractivity contribution in [2.24, 2.45) is 0 Å². The first-order valence-electron chi connectivity index (χ1n) is 38.4. The van der Waals surface area contributed by atoms with E-state index >= 15 is 0 Å². The summed E-state index contributed by atoms with van der Waals surface area (Å²) in [5, 5.41) is 117. The first-order valence-corrected chi connectivity index (χ1v) is 40.0. The minimum atomic E-state index is -4.38. The van der Waals surface area contributed by atoms with Crippen molar-refractivity contribution in [1.82, 2.24) is 0 Å². The van der Waals surface area contributed by atoms with E-state index in [1.54, 1.807) is 169 Å². The summed E-state index contributed by atoms with van der Waals surface area (Å²) in [5.41, 5.74) is 9.04. The maximum atomic E-state index is 13.3. The zero-order valence-corrected chi connectivity index (χ0v) is 65.0. The molecule has 1 unspecified atom stereocenters. The molecule has 12 aromatic carbocycles. The lowest BCUT2D eigenvalue weighted by Gasteiger charge is -2.47. The fourth-order valence-electron chi connectivity index (χ4n) is 15.0. The number of benzene rings is 12. The summed E-state index contributed by atoms with van der Waals surface area (Å²) >= 11 is 0.